The molecule has 0 aliphatic carbocycles. The summed E-state index contributed by atoms with van der Waals surface area (Å²) in [4.78, 5) is 19.4. The van der Waals surface area contributed by atoms with Gasteiger partial charge in [0.15, 0.2) is 0 Å². The molecule has 0 fully saturated rings. The van der Waals surface area contributed by atoms with Crippen LogP contribution in [-0.2, 0) is 0 Å². The Hall–Kier alpha value is -1.95. The number of rotatable bonds is 2. The molecule has 1 heterocycles. The number of fused-ring (bicyclic) bond motifs is 1. The zero-order valence-electron chi connectivity index (χ0n) is 12.1. The van der Waals surface area contributed by atoms with Crippen molar-refractivity contribution in [1.82, 2.24) is 0 Å². The highest BCUT2D eigenvalue weighted by atomic mass is 35.6. The van der Waals surface area contributed by atoms with E-state index in [2.05, 4.69) is 9.98 Å². The predicted octanol–water partition coefficient (Wildman–Crippen LogP) is 5.56. The van der Waals surface area contributed by atoms with Crippen LogP contribution < -0.4 is 0 Å². The van der Waals surface area contributed by atoms with Gasteiger partial charge in [0.2, 0.25) is 3.79 Å². The molecule has 3 rings (SSSR count). The van der Waals surface area contributed by atoms with Crippen LogP contribution in [0.25, 0.3) is 0 Å². The fourth-order valence-electron chi connectivity index (χ4n) is 2.29. The van der Waals surface area contributed by atoms with Gasteiger partial charge in [-0.15, -0.1) is 0 Å². The zero-order chi connectivity index (χ0) is 17.3. The highest BCUT2D eigenvalue weighted by molar-refractivity contribution is 6.77. The Kier molecular flexibility index (Phi) is 4.58. The van der Waals surface area contributed by atoms with Gasteiger partial charge in [-0.05, 0) is 29.8 Å². The van der Waals surface area contributed by atoms with Gasteiger partial charge < -0.3 is 0 Å². The molecule has 0 radical (unpaired) electrons. The van der Waals surface area contributed by atoms with Crippen molar-refractivity contribution in [3.05, 3.63) is 64.2 Å². The molecule has 0 spiro atoms. The Bertz CT molecular complexity index is 856. The summed E-state index contributed by atoms with van der Waals surface area (Å²) in [5.41, 5.74) is 2.93. The Balaban J connectivity index is 2.09. The molecule has 0 bridgehead atoms. The molecule has 24 heavy (non-hydrogen) atoms. The van der Waals surface area contributed by atoms with Gasteiger partial charge in [0.1, 0.15) is 0 Å². The fraction of sp³-hybridized carbons (Fsp3) is 0.125. The Morgan fingerprint density at radius 2 is 1.54 bits per heavy atom. The molecule has 1 aliphatic heterocycles. The molecule has 0 atom stereocenters. The predicted molar refractivity (Wildman–Crippen MR) is 97.7 cm³/mol. The van der Waals surface area contributed by atoms with Crippen LogP contribution in [-0.4, -0.2) is 20.1 Å². The summed E-state index contributed by atoms with van der Waals surface area (Å²) in [5, 5.41) is 10.8. The number of nitro groups is 1. The van der Waals surface area contributed by atoms with E-state index in [0.717, 1.165) is 0 Å². The lowest BCUT2D eigenvalue weighted by Gasteiger charge is -2.14. The highest BCUT2D eigenvalue weighted by Gasteiger charge is 2.31. The number of nitro benzene ring substituents is 1. The average Bonchev–Trinajstić information content (AvgIpc) is 2.74. The van der Waals surface area contributed by atoms with E-state index in [1.807, 2.05) is 18.2 Å². The first-order valence-electron chi connectivity index (χ1n) is 6.91. The first-order chi connectivity index (χ1) is 11.3. The molecular formula is C16H10Cl3N3O2. The van der Waals surface area contributed by atoms with Crippen molar-refractivity contribution >= 4 is 63.3 Å². The first-order valence-corrected chi connectivity index (χ1v) is 8.04. The lowest BCUT2D eigenvalue weighted by Crippen LogP contribution is -2.22. The van der Waals surface area contributed by atoms with E-state index in [9.17, 15) is 10.1 Å². The third-order valence-corrected chi connectivity index (χ3v) is 4.12. The lowest BCUT2D eigenvalue weighted by molar-refractivity contribution is -0.384. The summed E-state index contributed by atoms with van der Waals surface area (Å²) < 4.78 is -1.67. The van der Waals surface area contributed by atoms with Crippen molar-refractivity contribution in [3.8, 4) is 0 Å². The Morgan fingerprint density at radius 3 is 2.08 bits per heavy atom. The second kappa shape index (κ2) is 6.51. The Morgan fingerprint density at radius 1 is 0.958 bits per heavy atom. The van der Waals surface area contributed by atoms with Crippen LogP contribution in [0.1, 0.15) is 12.0 Å². The molecule has 0 N–H and O–H groups in total. The largest absolute Gasteiger partial charge is 0.269 e. The fourth-order valence-corrected chi connectivity index (χ4v) is 2.61. The third kappa shape index (κ3) is 3.59. The van der Waals surface area contributed by atoms with Gasteiger partial charge >= 0.3 is 0 Å². The number of aliphatic imine (C=N–C) groups is 2. The minimum absolute atomic E-state index is 0.00337. The minimum atomic E-state index is -1.67. The zero-order valence-corrected chi connectivity index (χ0v) is 14.4. The summed E-state index contributed by atoms with van der Waals surface area (Å²) in [5.74, 6) is 0. The molecule has 2 aromatic carbocycles. The maximum absolute atomic E-state index is 10.8. The second-order valence-corrected chi connectivity index (χ2v) is 7.37. The van der Waals surface area contributed by atoms with Crippen LogP contribution >= 0.6 is 34.8 Å². The van der Waals surface area contributed by atoms with Crippen molar-refractivity contribution < 1.29 is 4.92 Å². The van der Waals surface area contributed by atoms with E-state index >= 15 is 0 Å². The van der Waals surface area contributed by atoms with E-state index in [0.29, 0.717) is 28.4 Å². The molecule has 0 saturated heterocycles. The number of benzene rings is 2. The molecule has 1 aliphatic rings. The van der Waals surface area contributed by atoms with Gasteiger partial charge in [-0.3, -0.25) is 20.1 Å². The molecule has 8 heteroatoms. The summed E-state index contributed by atoms with van der Waals surface area (Å²) >= 11 is 18.1. The van der Waals surface area contributed by atoms with Crippen LogP contribution in [0.2, 0.25) is 0 Å². The summed E-state index contributed by atoms with van der Waals surface area (Å²) in [6.45, 7) is 0. The lowest BCUT2D eigenvalue weighted by atomic mass is 10.0. The maximum Gasteiger partial charge on any atom is 0.269 e. The van der Waals surface area contributed by atoms with Gasteiger partial charge in [-0.1, -0.05) is 46.9 Å². The van der Waals surface area contributed by atoms with Crippen molar-refractivity contribution in [2.45, 2.75) is 10.2 Å². The maximum atomic E-state index is 10.8. The van der Waals surface area contributed by atoms with E-state index < -0.39 is 8.72 Å². The monoisotopic (exact) mass is 381 g/mol. The molecule has 0 unspecified atom stereocenters. The van der Waals surface area contributed by atoms with E-state index in [1.165, 1.54) is 12.1 Å². The molecule has 0 amide bonds. The van der Waals surface area contributed by atoms with Crippen LogP contribution in [0.15, 0.2) is 58.5 Å². The molecule has 0 saturated carbocycles. The molecule has 122 valence electrons. The van der Waals surface area contributed by atoms with Crippen molar-refractivity contribution in [3.63, 3.8) is 0 Å². The van der Waals surface area contributed by atoms with Gasteiger partial charge in [0.05, 0.1) is 27.7 Å². The van der Waals surface area contributed by atoms with Crippen LogP contribution in [0, 0.1) is 10.1 Å². The summed E-state index contributed by atoms with van der Waals surface area (Å²) in [6, 6.07) is 13.3. The molecular weight excluding hydrogens is 373 g/mol. The minimum Gasteiger partial charge on any atom is -0.258 e. The number of non-ortho nitro benzene ring substituents is 1. The molecule has 5 nitrogen and oxygen atoms in total. The van der Waals surface area contributed by atoms with Gasteiger partial charge in [0.25, 0.3) is 5.69 Å². The van der Waals surface area contributed by atoms with E-state index in [-0.39, 0.29) is 12.1 Å². The van der Waals surface area contributed by atoms with Crippen LogP contribution in [0.4, 0.5) is 17.1 Å². The van der Waals surface area contributed by atoms with Gasteiger partial charge in [-0.2, -0.15) is 0 Å². The van der Waals surface area contributed by atoms with Crippen molar-refractivity contribution in [2.75, 3.05) is 0 Å². The first kappa shape index (κ1) is 16.9. The third-order valence-electron chi connectivity index (χ3n) is 3.47. The number of hydrogen-bond acceptors (Lipinski definition) is 4. The number of halogens is 3. The summed E-state index contributed by atoms with van der Waals surface area (Å²) in [6.07, 6.45) is 0.225. The number of para-hydroxylation sites is 2. The highest BCUT2D eigenvalue weighted by Crippen LogP contribution is 2.37. The van der Waals surface area contributed by atoms with Crippen LogP contribution in [0.5, 0.6) is 0 Å². The standard InChI is InChI=1S/C16H10Cl3N3O2/c17-16(18,19)15-9-14(10-5-7-11(8-6-10)22(23)24)20-12-3-1-2-4-13(12)21-15/h1-8H,9H2. The topological polar surface area (TPSA) is 67.9 Å². The number of nitrogens with zero attached hydrogens (tertiary/aromatic N) is 3. The molecule has 0 aromatic heterocycles. The molecule has 2 aromatic rings. The average molecular weight is 383 g/mol. The van der Waals surface area contributed by atoms with Gasteiger partial charge in [-0.25, -0.2) is 0 Å². The smallest absolute Gasteiger partial charge is 0.258 e. The quantitative estimate of drug-likeness (QED) is 0.387. The number of alkyl halides is 3. The van der Waals surface area contributed by atoms with Crippen molar-refractivity contribution in [1.29, 1.82) is 0 Å². The Labute approximate surface area is 152 Å². The van der Waals surface area contributed by atoms with E-state index in [1.54, 1.807) is 18.2 Å². The van der Waals surface area contributed by atoms with Gasteiger partial charge in [0, 0.05) is 18.6 Å². The number of hydrogen-bond donors (Lipinski definition) is 0. The van der Waals surface area contributed by atoms with Crippen LogP contribution in [0.3, 0.4) is 0 Å². The summed E-state index contributed by atoms with van der Waals surface area (Å²) in [7, 11) is 0. The SMILES string of the molecule is O=[N+]([O-])c1ccc(C2=Nc3ccccc3N=C(C(Cl)(Cl)Cl)C2)cc1. The second-order valence-electron chi connectivity index (χ2n) is 5.08. The van der Waals surface area contributed by atoms with E-state index in [4.69, 9.17) is 34.8 Å². The van der Waals surface area contributed by atoms with Crippen molar-refractivity contribution in [2.24, 2.45) is 9.98 Å². The normalized spacial score (nSPS) is 14.3.